The van der Waals surface area contributed by atoms with E-state index >= 15 is 0 Å². The second-order valence-corrected chi connectivity index (χ2v) is 3.35. The highest BCUT2D eigenvalue weighted by molar-refractivity contribution is 6.05. The molecule has 0 spiro atoms. The van der Waals surface area contributed by atoms with Crippen LogP contribution in [0.3, 0.4) is 0 Å². The zero-order valence-electron chi connectivity index (χ0n) is 8.83. The number of fused-ring (bicyclic) bond motifs is 1. The first kappa shape index (κ1) is 10.5. The van der Waals surface area contributed by atoms with Gasteiger partial charge in [0.05, 0.1) is 11.1 Å². The third kappa shape index (κ3) is 1.74. The Morgan fingerprint density at radius 1 is 1.44 bits per heavy atom. The second kappa shape index (κ2) is 4.26. The summed E-state index contributed by atoms with van der Waals surface area (Å²) in [5.41, 5.74) is 0.798. The summed E-state index contributed by atoms with van der Waals surface area (Å²) in [4.78, 5) is 15.7. The molecule has 1 aromatic heterocycles. The Labute approximate surface area is 92.3 Å². The summed E-state index contributed by atoms with van der Waals surface area (Å²) >= 11 is 0. The fourth-order valence-electron chi connectivity index (χ4n) is 1.58. The number of hydrogen-bond donors (Lipinski definition) is 1. The molecule has 4 heteroatoms. The molecule has 0 fully saturated rings. The van der Waals surface area contributed by atoms with Gasteiger partial charge in [-0.15, -0.1) is 0 Å². The predicted octanol–water partition coefficient (Wildman–Crippen LogP) is 2.12. The van der Waals surface area contributed by atoms with Gasteiger partial charge in [-0.1, -0.05) is 0 Å². The van der Waals surface area contributed by atoms with Gasteiger partial charge in [0.2, 0.25) is 0 Å². The van der Waals surface area contributed by atoms with Crippen LogP contribution in [0.4, 0.5) is 4.39 Å². The van der Waals surface area contributed by atoms with Crippen molar-refractivity contribution >= 4 is 16.8 Å². The van der Waals surface area contributed by atoms with Crippen LogP contribution in [0.25, 0.3) is 10.9 Å². The number of rotatable bonds is 2. The first-order chi connectivity index (χ1) is 7.74. The summed E-state index contributed by atoms with van der Waals surface area (Å²) in [5, 5.41) is 3.04. The predicted molar refractivity (Wildman–Crippen MR) is 59.7 cm³/mol. The molecule has 0 radical (unpaired) electrons. The maximum Gasteiger partial charge on any atom is 0.253 e. The van der Waals surface area contributed by atoms with Crippen molar-refractivity contribution in [3.8, 4) is 0 Å². The van der Waals surface area contributed by atoms with Crippen LogP contribution >= 0.6 is 0 Å². The lowest BCUT2D eigenvalue weighted by Gasteiger charge is -2.06. The van der Waals surface area contributed by atoms with Crippen LogP contribution in [-0.4, -0.2) is 17.4 Å². The number of carbonyl (C=O) groups is 1. The zero-order valence-corrected chi connectivity index (χ0v) is 8.83. The van der Waals surface area contributed by atoms with Crippen LogP contribution in [-0.2, 0) is 0 Å². The van der Waals surface area contributed by atoms with Crippen molar-refractivity contribution in [1.82, 2.24) is 10.3 Å². The van der Waals surface area contributed by atoms with Crippen LogP contribution in [0, 0.1) is 5.82 Å². The van der Waals surface area contributed by atoms with E-state index in [1.165, 1.54) is 12.1 Å². The highest BCUT2D eigenvalue weighted by atomic mass is 19.1. The van der Waals surface area contributed by atoms with Crippen molar-refractivity contribution in [2.45, 2.75) is 6.92 Å². The average molecular weight is 218 g/mol. The van der Waals surface area contributed by atoms with Gasteiger partial charge in [0.25, 0.3) is 5.91 Å². The third-order valence-electron chi connectivity index (χ3n) is 2.30. The van der Waals surface area contributed by atoms with Crippen molar-refractivity contribution in [2.75, 3.05) is 6.54 Å². The monoisotopic (exact) mass is 218 g/mol. The van der Waals surface area contributed by atoms with Gasteiger partial charge in [0.1, 0.15) is 5.82 Å². The van der Waals surface area contributed by atoms with Gasteiger partial charge >= 0.3 is 0 Å². The molecule has 0 aliphatic heterocycles. The Morgan fingerprint density at radius 2 is 2.25 bits per heavy atom. The SMILES string of the molecule is CCNC(=O)c1ccc(F)c2cccnc12. The summed E-state index contributed by atoms with van der Waals surface area (Å²) in [6, 6.07) is 6.00. The van der Waals surface area contributed by atoms with E-state index in [9.17, 15) is 9.18 Å². The van der Waals surface area contributed by atoms with E-state index in [1.807, 2.05) is 6.92 Å². The maximum atomic E-state index is 13.4. The van der Waals surface area contributed by atoms with Crippen molar-refractivity contribution in [3.05, 3.63) is 41.8 Å². The minimum absolute atomic E-state index is 0.230. The van der Waals surface area contributed by atoms with Gasteiger partial charge in [0, 0.05) is 18.1 Å². The Bertz CT molecular complexity index is 540. The molecule has 0 aliphatic rings. The number of nitrogens with one attached hydrogen (secondary N) is 1. The maximum absolute atomic E-state index is 13.4. The zero-order chi connectivity index (χ0) is 11.5. The number of nitrogens with zero attached hydrogens (tertiary/aromatic N) is 1. The van der Waals surface area contributed by atoms with Crippen LogP contribution in [0.15, 0.2) is 30.5 Å². The Balaban J connectivity index is 2.63. The van der Waals surface area contributed by atoms with E-state index in [2.05, 4.69) is 10.3 Å². The van der Waals surface area contributed by atoms with Crippen molar-refractivity contribution < 1.29 is 9.18 Å². The Hall–Kier alpha value is -1.97. The number of amides is 1. The van der Waals surface area contributed by atoms with Crippen LogP contribution in [0.2, 0.25) is 0 Å². The van der Waals surface area contributed by atoms with Gasteiger partial charge in [-0.05, 0) is 31.2 Å². The molecule has 82 valence electrons. The van der Waals surface area contributed by atoms with Crippen molar-refractivity contribution in [1.29, 1.82) is 0 Å². The molecule has 1 amide bonds. The van der Waals surface area contributed by atoms with E-state index in [0.717, 1.165) is 0 Å². The first-order valence-electron chi connectivity index (χ1n) is 5.05. The fraction of sp³-hybridized carbons (Fsp3) is 0.167. The summed E-state index contributed by atoms with van der Waals surface area (Å²) in [5.74, 6) is -0.595. The van der Waals surface area contributed by atoms with Crippen LogP contribution < -0.4 is 5.32 Å². The first-order valence-corrected chi connectivity index (χ1v) is 5.05. The highest BCUT2D eigenvalue weighted by Gasteiger charge is 2.12. The number of aromatic nitrogens is 1. The normalized spacial score (nSPS) is 10.4. The number of pyridine rings is 1. The molecule has 2 rings (SSSR count). The standard InChI is InChI=1S/C12H11FN2O/c1-2-14-12(16)9-5-6-10(13)8-4-3-7-15-11(8)9/h3-7H,2H2,1H3,(H,14,16). The summed E-state index contributed by atoms with van der Waals surface area (Å²) in [7, 11) is 0. The molecule has 0 saturated carbocycles. The van der Waals surface area contributed by atoms with Crippen LogP contribution in [0.1, 0.15) is 17.3 Å². The lowest BCUT2D eigenvalue weighted by molar-refractivity contribution is 0.0957. The molecule has 16 heavy (non-hydrogen) atoms. The van der Waals surface area contributed by atoms with E-state index in [0.29, 0.717) is 23.0 Å². The van der Waals surface area contributed by atoms with Crippen molar-refractivity contribution in [3.63, 3.8) is 0 Å². The number of benzene rings is 1. The molecule has 0 saturated heterocycles. The lowest BCUT2D eigenvalue weighted by Crippen LogP contribution is -2.23. The smallest absolute Gasteiger partial charge is 0.253 e. The molecule has 1 heterocycles. The molecule has 0 unspecified atom stereocenters. The third-order valence-corrected chi connectivity index (χ3v) is 2.30. The minimum Gasteiger partial charge on any atom is -0.352 e. The molecule has 1 aromatic carbocycles. The molecule has 2 aromatic rings. The van der Waals surface area contributed by atoms with E-state index in [4.69, 9.17) is 0 Å². The van der Waals surface area contributed by atoms with Gasteiger partial charge < -0.3 is 5.32 Å². The van der Waals surface area contributed by atoms with Crippen LogP contribution in [0.5, 0.6) is 0 Å². The van der Waals surface area contributed by atoms with Gasteiger partial charge in [-0.3, -0.25) is 9.78 Å². The molecule has 0 atom stereocenters. The largest absolute Gasteiger partial charge is 0.352 e. The quantitative estimate of drug-likeness (QED) is 0.838. The number of hydrogen-bond acceptors (Lipinski definition) is 2. The molecule has 0 bridgehead atoms. The minimum atomic E-state index is -0.365. The fourth-order valence-corrected chi connectivity index (χ4v) is 1.58. The molecular weight excluding hydrogens is 207 g/mol. The van der Waals surface area contributed by atoms with Crippen molar-refractivity contribution in [2.24, 2.45) is 0 Å². The summed E-state index contributed by atoms with van der Waals surface area (Å²) in [6.07, 6.45) is 1.55. The molecular formula is C12H11FN2O. The summed E-state index contributed by atoms with van der Waals surface area (Å²) < 4.78 is 13.4. The number of carbonyl (C=O) groups excluding carboxylic acids is 1. The molecule has 1 N–H and O–H groups in total. The lowest BCUT2D eigenvalue weighted by atomic mass is 10.1. The van der Waals surface area contributed by atoms with Gasteiger partial charge in [0.15, 0.2) is 0 Å². The van der Waals surface area contributed by atoms with E-state index in [-0.39, 0.29) is 11.7 Å². The molecule has 0 aliphatic carbocycles. The van der Waals surface area contributed by atoms with Gasteiger partial charge in [-0.25, -0.2) is 4.39 Å². The number of halogens is 1. The average Bonchev–Trinajstić information content (AvgIpc) is 2.30. The summed E-state index contributed by atoms with van der Waals surface area (Å²) in [6.45, 7) is 2.36. The second-order valence-electron chi connectivity index (χ2n) is 3.35. The van der Waals surface area contributed by atoms with E-state index in [1.54, 1.807) is 18.3 Å². The van der Waals surface area contributed by atoms with E-state index < -0.39 is 0 Å². The highest BCUT2D eigenvalue weighted by Crippen LogP contribution is 2.19. The van der Waals surface area contributed by atoms with Gasteiger partial charge in [-0.2, -0.15) is 0 Å². The Morgan fingerprint density at radius 3 is 3.00 bits per heavy atom. The Kier molecular flexibility index (Phi) is 2.81. The molecule has 3 nitrogen and oxygen atoms in total. The topological polar surface area (TPSA) is 42.0 Å².